The molecule has 0 aromatic heterocycles. The summed E-state index contributed by atoms with van der Waals surface area (Å²) >= 11 is 0. The van der Waals surface area contributed by atoms with Crippen LogP contribution in [0.1, 0.15) is 18.4 Å². The second-order valence-electron chi connectivity index (χ2n) is 5.46. The summed E-state index contributed by atoms with van der Waals surface area (Å²) in [7, 11) is 0. The predicted octanol–water partition coefficient (Wildman–Crippen LogP) is 2.93. The van der Waals surface area contributed by atoms with E-state index in [4.69, 9.17) is 0 Å². The lowest BCUT2D eigenvalue weighted by molar-refractivity contribution is -0.142. The van der Waals surface area contributed by atoms with E-state index < -0.39 is 5.97 Å². The normalized spacial score (nSPS) is 19.5. The molecule has 1 N–H and O–H groups in total. The van der Waals surface area contributed by atoms with Gasteiger partial charge in [-0.15, -0.1) is 0 Å². The zero-order chi connectivity index (χ0) is 13.9. The van der Waals surface area contributed by atoms with E-state index >= 15 is 0 Å². The minimum Gasteiger partial charge on any atom is -0.480 e. The highest BCUT2D eigenvalue weighted by Crippen LogP contribution is 2.20. The Labute approximate surface area is 118 Å². The molecule has 3 rings (SSSR count). The van der Waals surface area contributed by atoms with Gasteiger partial charge in [-0.05, 0) is 42.1 Å². The fourth-order valence-corrected chi connectivity index (χ4v) is 3.04. The number of aliphatic carboxylic acids is 1. The zero-order valence-corrected chi connectivity index (χ0v) is 11.5. The lowest BCUT2D eigenvalue weighted by atomic mass is 10.0. The molecule has 3 nitrogen and oxygen atoms in total. The number of benzene rings is 2. The smallest absolute Gasteiger partial charge is 0.320 e. The second-order valence-corrected chi connectivity index (χ2v) is 5.46. The van der Waals surface area contributed by atoms with Crippen LogP contribution in [0.5, 0.6) is 0 Å². The molecule has 104 valence electrons. The molecule has 1 aliphatic rings. The van der Waals surface area contributed by atoms with Crippen molar-refractivity contribution in [2.75, 3.05) is 13.1 Å². The van der Waals surface area contributed by atoms with Crippen molar-refractivity contribution in [3.63, 3.8) is 0 Å². The molecule has 1 atom stereocenters. The minimum atomic E-state index is -0.680. The molecule has 0 aliphatic carbocycles. The van der Waals surface area contributed by atoms with Crippen LogP contribution in [-0.2, 0) is 11.2 Å². The van der Waals surface area contributed by atoms with Gasteiger partial charge >= 0.3 is 5.97 Å². The number of hydrogen-bond acceptors (Lipinski definition) is 2. The number of likely N-dealkylation sites (tertiary alicyclic amines) is 1. The molecule has 0 amide bonds. The topological polar surface area (TPSA) is 40.5 Å². The van der Waals surface area contributed by atoms with Crippen molar-refractivity contribution in [2.45, 2.75) is 25.3 Å². The first-order chi connectivity index (χ1) is 9.74. The van der Waals surface area contributed by atoms with Gasteiger partial charge in [0.1, 0.15) is 6.04 Å². The summed E-state index contributed by atoms with van der Waals surface area (Å²) in [5.41, 5.74) is 1.28. The number of carbonyl (C=O) groups is 1. The Kier molecular flexibility index (Phi) is 3.70. The van der Waals surface area contributed by atoms with Crippen LogP contribution in [0, 0.1) is 0 Å². The van der Waals surface area contributed by atoms with E-state index in [2.05, 4.69) is 35.2 Å². The maximum absolute atomic E-state index is 11.2. The number of carboxylic acid groups (broad SMARTS) is 1. The van der Waals surface area contributed by atoms with Gasteiger partial charge < -0.3 is 5.11 Å². The summed E-state index contributed by atoms with van der Waals surface area (Å²) in [6, 6.07) is 14.5. The van der Waals surface area contributed by atoms with Gasteiger partial charge in [0.15, 0.2) is 0 Å². The molecule has 3 heteroatoms. The predicted molar refractivity (Wildman–Crippen MR) is 79.9 cm³/mol. The summed E-state index contributed by atoms with van der Waals surface area (Å²) in [6.45, 7) is 1.74. The van der Waals surface area contributed by atoms with Crippen LogP contribution in [0.4, 0.5) is 0 Å². The Balaban J connectivity index is 1.69. The molecule has 0 saturated carbocycles. The average molecular weight is 269 g/mol. The third-order valence-electron chi connectivity index (χ3n) is 4.15. The van der Waals surface area contributed by atoms with Crippen LogP contribution in [0.3, 0.4) is 0 Å². The monoisotopic (exact) mass is 269 g/mol. The van der Waals surface area contributed by atoms with Crippen LogP contribution in [-0.4, -0.2) is 35.1 Å². The first kappa shape index (κ1) is 13.1. The summed E-state index contributed by atoms with van der Waals surface area (Å²) in [5.74, 6) is -0.680. The van der Waals surface area contributed by atoms with Crippen molar-refractivity contribution in [3.8, 4) is 0 Å². The minimum absolute atomic E-state index is 0.282. The Bertz CT molecular complexity index is 623. The third-order valence-corrected chi connectivity index (χ3v) is 4.15. The van der Waals surface area contributed by atoms with Crippen LogP contribution in [0.2, 0.25) is 0 Å². The number of fused-ring (bicyclic) bond motifs is 1. The lowest BCUT2D eigenvalue weighted by Crippen LogP contribution is -2.37. The van der Waals surface area contributed by atoms with Crippen molar-refractivity contribution >= 4 is 16.7 Å². The molecule has 0 bridgehead atoms. The molecular formula is C17H19NO2. The molecule has 20 heavy (non-hydrogen) atoms. The number of rotatable bonds is 4. The van der Waals surface area contributed by atoms with Crippen molar-refractivity contribution in [1.29, 1.82) is 0 Å². The number of nitrogens with zero attached hydrogens (tertiary/aromatic N) is 1. The van der Waals surface area contributed by atoms with Crippen LogP contribution >= 0.6 is 0 Å². The fourth-order valence-electron chi connectivity index (χ4n) is 3.04. The van der Waals surface area contributed by atoms with Gasteiger partial charge in [0, 0.05) is 6.54 Å². The lowest BCUT2D eigenvalue weighted by Gasteiger charge is -2.20. The standard InChI is InChI=1S/C17H19NO2/c19-17(20)16-6-3-10-18(16)11-9-13-7-8-14-4-1-2-5-15(14)12-13/h1-2,4-5,7-8,12,16H,3,6,9-11H2,(H,19,20). The highest BCUT2D eigenvalue weighted by Gasteiger charge is 2.29. The van der Waals surface area contributed by atoms with E-state index in [0.29, 0.717) is 0 Å². The molecule has 2 aromatic carbocycles. The van der Waals surface area contributed by atoms with E-state index in [1.165, 1.54) is 16.3 Å². The quantitative estimate of drug-likeness (QED) is 0.927. The van der Waals surface area contributed by atoms with E-state index in [1.54, 1.807) is 0 Å². The van der Waals surface area contributed by atoms with Gasteiger partial charge in [0.25, 0.3) is 0 Å². The second kappa shape index (κ2) is 5.63. The van der Waals surface area contributed by atoms with Gasteiger partial charge in [-0.25, -0.2) is 0 Å². The molecule has 0 radical (unpaired) electrons. The maximum atomic E-state index is 11.2. The SMILES string of the molecule is O=C(O)C1CCCN1CCc1ccc2ccccc2c1. The largest absolute Gasteiger partial charge is 0.480 e. The van der Waals surface area contributed by atoms with Gasteiger partial charge in [-0.1, -0.05) is 42.5 Å². The third kappa shape index (κ3) is 2.68. The first-order valence-electron chi connectivity index (χ1n) is 7.18. The van der Waals surface area contributed by atoms with Crippen molar-refractivity contribution in [3.05, 3.63) is 48.0 Å². The fraction of sp³-hybridized carbons (Fsp3) is 0.353. The summed E-state index contributed by atoms with van der Waals surface area (Å²) < 4.78 is 0. The number of carboxylic acids is 1. The maximum Gasteiger partial charge on any atom is 0.320 e. The highest BCUT2D eigenvalue weighted by molar-refractivity contribution is 5.83. The summed E-state index contributed by atoms with van der Waals surface area (Å²) in [5, 5.41) is 11.7. The first-order valence-corrected chi connectivity index (χ1v) is 7.18. The molecule has 0 spiro atoms. The molecule has 1 heterocycles. The van der Waals surface area contributed by atoms with E-state index in [9.17, 15) is 9.90 Å². The van der Waals surface area contributed by atoms with Crippen LogP contribution in [0.25, 0.3) is 10.8 Å². The van der Waals surface area contributed by atoms with Crippen molar-refractivity contribution < 1.29 is 9.90 Å². The van der Waals surface area contributed by atoms with Crippen molar-refractivity contribution in [1.82, 2.24) is 4.90 Å². The van der Waals surface area contributed by atoms with Crippen molar-refractivity contribution in [2.24, 2.45) is 0 Å². The molecule has 1 fully saturated rings. The summed E-state index contributed by atoms with van der Waals surface area (Å²) in [6.07, 6.45) is 2.69. The molecule has 1 unspecified atom stereocenters. The van der Waals surface area contributed by atoms with Gasteiger partial charge in [0.2, 0.25) is 0 Å². The number of hydrogen-bond donors (Lipinski definition) is 1. The van der Waals surface area contributed by atoms with Crippen LogP contribution < -0.4 is 0 Å². The van der Waals surface area contributed by atoms with Gasteiger partial charge in [0.05, 0.1) is 0 Å². The Morgan fingerprint density at radius 2 is 2.00 bits per heavy atom. The Morgan fingerprint density at radius 3 is 2.80 bits per heavy atom. The summed E-state index contributed by atoms with van der Waals surface area (Å²) in [4.78, 5) is 13.3. The zero-order valence-electron chi connectivity index (χ0n) is 11.5. The van der Waals surface area contributed by atoms with E-state index in [0.717, 1.165) is 32.4 Å². The van der Waals surface area contributed by atoms with E-state index in [-0.39, 0.29) is 6.04 Å². The highest BCUT2D eigenvalue weighted by atomic mass is 16.4. The molecular weight excluding hydrogens is 250 g/mol. The Morgan fingerprint density at radius 1 is 1.20 bits per heavy atom. The van der Waals surface area contributed by atoms with Gasteiger partial charge in [-0.2, -0.15) is 0 Å². The molecule has 2 aromatic rings. The van der Waals surface area contributed by atoms with Crippen LogP contribution in [0.15, 0.2) is 42.5 Å². The van der Waals surface area contributed by atoms with E-state index in [1.807, 2.05) is 12.1 Å². The Hall–Kier alpha value is -1.87. The molecule has 1 saturated heterocycles. The molecule has 1 aliphatic heterocycles. The average Bonchev–Trinajstić information content (AvgIpc) is 2.93. The van der Waals surface area contributed by atoms with Gasteiger partial charge in [-0.3, -0.25) is 9.69 Å².